The number of benzene rings is 1. The summed E-state index contributed by atoms with van der Waals surface area (Å²) in [6.07, 6.45) is -3.49. The van der Waals surface area contributed by atoms with Crippen molar-refractivity contribution in [1.82, 2.24) is 25.4 Å². The van der Waals surface area contributed by atoms with Crippen LogP contribution in [0.1, 0.15) is 23.2 Å². The van der Waals surface area contributed by atoms with Gasteiger partial charge in [-0.05, 0) is 29.8 Å². The Labute approximate surface area is 179 Å². The van der Waals surface area contributed by atoms with Crippen LogP contribution in [0.4, 0.5) is 22.4 Å². The highest BCUT2D eigenvalue weighted by Crippen LogP contribution is 2.30. The lowest BCUT2D eigenvalue weighted by atomic mass is 10.0. The first kappa shape index (κ1) is 21.7. The number of nitrogens with one attached hydrogen (secondary N) is 1. The number of hydrogen-bond acceptors (Lipinski definition) is 6. The number of pyridine rings is 1. The maximum atomic E-state index is 13.4. The van der Waals surface area contributed by atoms with Crippen molar-refractivity contribution in [1.29, 1.82) is 0 Å². The number of alkyl halides is 3. The van der Waals surface area contributed by atoms with Crippen LogP contribution >= 0.6 is 0 Å². The molecule has 2 aromatic heterocycles. The third kappa shape index (κ3) is 4.85. The maximum absolute atomic E-state index is 13.4. The molecule has 1 fully saturated rings. The van der Waals surface area contributed by atoms with Crippen LogP contribution in [0.25, 0.3) is 11.5 Å². The molecule has 1 unspecified atom stereocenters. The zero-order valence-electron chi connectivity index (χ0n) is 16.5. The molecule has 3 aromatic rings. The average Bonchev–Trinajstić information content (AvgIpc) is 3.30. The number of nitrogens with zero attached hydrogens (tertiary/aromatic N) is 4. The zero-order valence-corrected chi connectivity index (χ0v) is 16.5. The van der Waals surface area contributed by atoms with Crippen molar-refractivity contribution < 1.29 is 31.5 Å². The summed E-state index contributed by atoms with van der Waals surface area (Å²) in [6.45, 7) is 1.69. The number of carbonyl (C=O) groups excluding carboxylic acids is 1. The van der Waals surface area contributed by atoms with Gasteiger partial charge in [-0.1, -0.05) is 12.1 Å². The largest absolute Gasteiger partial charge is 0.470 e. The van der Waals surface area contributed by atoms with Crippen LogP contribution in [-0.4, -0.2) is 52.4 Å². The van der Waals surface area contributed by atoms with E-state index >= 15 is 0 Å². The molecule has 1 saturated heterocycles. The Morgan fingerprint density at radius 3 is 2.38 bits per heavy atom. The Hall–Kier alpha value is -3.54. The normalized spacial score (nSPS) is 15.4. The van der Waals surface area contributed by atoms with E-state index in [0.29, 0.717) is 37.6 Å². The van der Waals surface area contributed by atoms with Gasteiger partial charge in [-0.2, -0.15) is 13.2 Å². The second kappa shape index (κ2) is 8.91. The molecule has 2 amide bonds. The Bertz CT molecular complexity index is 1060. The number of amides is 2. The molecule has 0 saturated carbocycles. The van der Waals surface area contributed by atoms with Gasteiger partial charge in [0.2, 0.25) is 5.89 Å². The maximum Gasteiger partial charge on any atom is 0.470 e. The lowest BCUT2D eigenvalue weighted by Gasteiger charge is -2.29. The third-order valence-electron chi connectivity index (χ3n) is 4.77. The molecule has 0 spiro atoms. The average molecular weight is 451 g/mol. The van der Waals surface area contributed by atoms with Gasteiger partial charge in [0.15, 0.2) is 0 Å². The van der Waals surface area contributed by atoms with E-state index in [2.05, 4.69) is 24.9 Å². The number of urea groups is 1. The molecule has 1 aromatic carbocycles. The van der Waals surface area contributed by atoms with E-state index in [1.54, 1.807) is 4.90 Å². The molecule has 1 aliphatic heterocycles. The van der Waals surface area contributed by atoms with Gasteiger partial charge < -0.3 is 19.4 Å². The minimum atomic E-state index is -4.75. The van der Waals surface area contributed by atoms with Crippen molar-refractivity contribution in [3.63, 3.8) is 0 Å². The van der Waals surface area contributed by atoms with E-state index < -0.39 is 23.9 Å². The summed E-state index contributed by atoms with van der Waals surface area (Å²) in [7, 11) is 0. The lowest BCUT2D eigenvalue weighted by molar-refractivity contribution is -0.156. The number of ether oxygens (including phenoxy) is 1. The smallest absolute Gasteiger partial charge is 0.413 e. The minimum Gasteiger partial charge on any atom is -0.413 e. The van der Waals surface area contributed by atoms with Crippen molar-refractivity contribution in [3.05, 3.63) is 65.6 Å². The van der Waals surface area contributed by atoms with Gasteiger partial charge in [0.25, 0.3) is 0 Å². The second-order valence-electron chi connectivity index (χ2n) is 6.92. The molecule has 1 N–H and O–H groups in total. The number of rotatable bonds is 4. The van der Waals surface area contributed by atoms with Gasteiger partial charge in [-0.3, -0.25) is 4.98 Å². The van der Waals surface area contributed by atoms with Crippen LogP contribution in [0, 0.1) is 5.82 Å². The molecule has 12 heteroatoms. The minimum absolute atomic E-state index is 0.175. The first-order valence-electron chi connectivity index (χ1n) is 9.57. The Morgan fingerprint density at radius 2 is 1.78 bits per heavy atom. The molecule has 1 aliphatic rings. The third-order valence-corrected chi connectivity index (χ3v) is 4.77. The summed E-state index contributed by atoms with van der Waals surface area (Å²) >= 11 is 0. The molecule has 3 heterocycles. The molecule has 1 atom stereocenters. The van der Waals surface area contributed by atoms with Gasteiger partial charge in [0.05, 0.1) is 30.5 Å². The van der Waals surface area contributed by atoms with E-state index in [0.717, 1.165) is 0 Å². The fourth-order valence-corrected chi connectivity index (χ4v) is 3.12. The summed E-state index contributed by atoms with van der Waals surface area (Å²) < 4.78 is 61.4. The summed E-state index contributed by atoms with van der Waals surface area (Å²) in [5.74, 6) is -2.24. The molecule has 0 aliphatic carbocycles. The number of morpholine rings is 1. The summed E-state index contributed by atoms with van der Waals surface area (Å²) in [5, 5.41) is 9.26. The highest BCUT2D eigenvalue weighted by Gasteiger charge is 2.38. The fraction of sp³-hybridized carbons (Fsp3) is 0.300. The quantitative estimate of drug-likeness (QED) is 0.611. The van der Waals surface area contributed by atoms with Crippen LogP contribution in [-0.2, 0) is 10.9 Å². The summed E-state index contributed by atoms with van der Waals surface area (Å²) in [6, 6.07) is 7.44. The highest BCUT2D eigenvalue weighted by molar-refractivity contribution is 5.75. The Kier molecular flexibility index (Phi) is 6.04. The van der Waals surface area contributed by atoms with Crippen LogP contribution in [0.5, 0.6) is 0 Å². The van der Waals surface area contributed by atoms with E-state index in [1.807, 2.05) is 0 Å². The number of hydrogen-bond donors (Lipinski definition) is 1. The molecule has 0 radical (unpaired) electrons. The molecular formula is C20H17F4N5O3. The number of halogens is 4. The van der Waals surface area contributed by atoms with Crippen LogP contribution in [0.3, 0.4) is 0 Å². The Morgan fingerprint density at radius 1 is 1.06 bits per heavy atom. The van der Waals surface area contributed by atoms with Crippen molar-refractivity contribution in [2.45, 2.75) is 12.2 Å². The topological polar surface area (TPSA) is 93.4 Å². The van der Waals surface area contributed by atoms with Gasteiger partial charge in [-0.25, -0.2) is 9.18 Å². The molecule has 8 nitrogen and oxygen atoms in total. The Balaban J connectivity index is 1.59. The lowest BCUT2D eigenvalue weighted by Crippen LogP contribution is -2.47. The zero-order chi connectivity index (χ0) is 22.7. The van der Waals surface area contributed by atoms with Crippen molar-refractivity contribution >= 4 is 6.03 Å². The molecule has 0 bridgehead atoms. The summed E-state index contributed by atoms with van der Waals surface area (Å²) in [5.41, 5.74) is 1.14. The molecule has 32 heavy (non-hydrogen) atoms. The van der Waals surface area contributed by atoms with Gasteiger partial charge >= 0.3 is 18.1 Å². The summed E-state index contributed by atoms with van der Waals surface area (Å²) in [4.78, 5) is 18.6. The molecule has 4 rings (SSSR count). The van der Waals surface area contributed by atoms with E-state index in [4.69, 9.17) is 4.74 Å². The number of aromatic nitrogens is 3. The van der Waals surface area contributed by atoms with Crippen LogP contribution < -0.4 is 5.32 Å². The SMILES string of the molecule is O=C(NC(c1ccc(F)cc1)c1ccc(-c2nnc(C(F)(F)F)o2)cn1)N1CCOCC1. The van der Waals surface area contributed by atoms with E-state index in [1.165, 1.54) is 42.6 Å². The monoisotopic (exact) mass is 451 g/mol. The fourth-order valence-electron chi connectivity index (χ4n) is 3.12. The highest BCUT2D eigenvalue weighted by atomic mass is 19.4. The first-order valence-corrected chi connectivity index (χ1v) is 9.57. The van der Waals surface area contributed by atoms with Gasteiger partial charge in [-0.15, -0.1) is 10.2 Å². The van der Waals surface area contributed by atoms with Crippen LogP contribution in [0.15, 0.2) is 47.0 Å². The van der Waals surface area contributed by atoms with Crippen LogP contribution in [0.2, 0.25) is 0 Å². The first-order chi connectivity index (χ1) is 15.3. The predicted octanol–water partition coefficient (Wildman–Crippen LogP) is 3.42. The standard InChI is InChI=1S/C20H17F4N5O3/c21-14-4-1-12(2-5-14)16(26-19(30)29-7-9-31-10-8-29)15-6-3-13(11-25-15)17-27-28-18(32-17)20(22,23)24/h1-6,11,16H,7-10H2,(H,26,30). The van der Waals surface area contributed by atoms with Crippen molar-refractivity contribution in [3.8, 4) is 11.5 Å². The molecule has 168 valence electrons. The van der Waals surface area contributed by atoms with E-state index in [-0.39, 0.29) is 17.5 Å². The second-order valence-corrected chi connectivity index (χ2v) is 6.92. The molecular weight excluding hydrogens is 434 g/mol. The van der Waals surface area contributed by atoms with Crippen molar-refractivity contribution in [2.24, 2.45) is 0 Å². The van der Waals surface area contributed by atoms with Gasteiger partial charge in [0, 0.05) is 19.3 Å². The predicted molar refractivity (Wildman–Crippen MR) is 102 cm³/mol. The number of carbonyl (C=O) groups is 1. The van der Waals surface area contributed by atoms with Crippen molar-refractivity contribution in [2.75, 3.05) is 26.3 Å². The van der Waals surface area contributed by atoms with Gasteiger partial charge in [0.1, 0.15) is 5.82 Å². The van der Waals surface area contributed by atoms with E-state index in [9.17, 15) is 22.4 Å².